The number of hydrogen-bond donors (Lipinski definition) is 3. The van der Waals surface area contributed by atoms with Gasteiger partial charge in [-0.1, -0.05) is 18.2 Å². The first-order valence-corrected chi connectivity index (χ1v) is 6.76. The van der Waals surface area contributed by atoms with Gasteiger partial charge in [0, 0.05) is 6.20 Å². The Bertz CT molecular complexity index is 679. The third-order valence-corrected chi connectivity index (χ3v) is 3.01. The Labute approximate surface area is 129 Å². The number of methoxy groups -OCH3 is 1. The van der Waals surface area contributed by atoms with Gasteiger partial charge in [0.25, 0.3) is 0 Å². The Morgan fingerprint density at radius 3 is 2.55 bits per heavy atom. The summed E-state index contributed by atoms with van der Waals surface area (Å²) in [4.78, 5) is 11.7. The lowest BCUT2D eigenvalue weighted by Gasteiger charge is -2.07. The Morgan fingerprint density at radius 1 is 1.18 bits per heavy atom. The topological polar surface area (TPSA) is 70.6 Å². The third kappa shape index (κ3) is 4.28. The van der Waals surface area contributed by atoms with E-state index >= 15 is 0 Å². The predicted octanol–water partition coefficient (Wildman–Crippen LogP) is 3.50. The van der Waals surface area contributed by atoms with E-state index in [9.17, 15) is 9.90 Å². The van der Waals surface area contributed by atoms with E-state index in [0.717, 1.165) is 16.9 Å². The molecule has 22 heavy (non-hydrogen) atoms. The highest BCUT2D eigenvalue weighted by Gasteiger charge is 2.04. The summed E-state index contributed by atoms with van der Waals surface area (Å²) in [5.74, 6) is 0.812. The lowest BCUT2D eigenvalue weighted by Crippen LogP contribution is -2.23. The number of aromatic hydroxyl groups is 1. The summed E-state index contributed by atoms with van der Waals surface area (Å²) in [6, 6.07) is 12.0. The minimum Gasteiger partial charge on any atom is -0.506 e. The number of anilines is 1. The van der Waals surface area contributed by atoms with Crippen LogP contribution in [0.15, 0.2) is 48.7 Å². The summed E-state index contributed by atoms with van der Waals surface area (Å²) >= 11 is 0. The molecule has 0 saturated heterocycles. The van der Waals surface area contributed by atoms with E-state index in [0.29, 0.717) is 5.69 Å². The van der Waals surface area contributed by atoms with Crippen molar-refractivity contribution in [3.63, 3.8) is 0 Å². The van der Waals surface area contributed by atoms with Crippen molar-refractivity contribution < 1.29 is 14.6 Å². The van der Waals surface area contributed by atoms with Crippen LogP contribution in [0.5, 0.6) is 11.5 Å². The van der Waals surface area contributed by atoms with Crippen LogP contribution in [0.1, 0.15) is 11.1 Å². The lowest BCUT2D eigenvalue weighted by atomic mass is 10.2. The molecule has 0 atom stereocenters. The second kappa shape index (κ2) is 7.17. The van der Waals surface area contributed by atoms with Crippen molar-refractivity contribution >= 4 is 17.8 Å². The SMILES string of the molecule is COc1ccc(/C=C/NC(=O)Nc2ccc(C)cc2O)cc1. The zero-order chi connectivity index (χ0) is 15.9. The van der Waals surface area contributed by atoms with Gasteiger partial charge in [0.1, 0.15) is 11.5 Å². The van der Waals surface area contributed by atoms with E-state index in [4.69, 9.17) is 4.74 Å². The van der Waals surface area contributed by atoms with Crippen LogP contribution in [0.4, 0.5) is 10.5 Å². The Morgan fingerprint density at radius 2 is 1.91 bits per heavy atom. The fourth-order valence-corrected chi connectivity index (χ4v) is 1.83. The Balaban J connectivity index is 1.90. The third-order valence-electron chi connectivity index (χ3n) is 3.01. The van der Waals surface area contributed by atoms with Crippen LogP contribution < -0.4 is 15.4 Å². The van der Waals surface area contributed by atoms with Crippen molar-refractivity contribution in [1.82, 2.24) is 5.32 Å². The number of phenolic OH excluding ortho intramolecular Hbond substituents is 1. The molecule has 0 spiro atoms. The standard InChI is InChI=1S/C17H18N2O3/c1-12-3-8-15(16(20)11-12)19-17(21)18-10-9-13-4-6-14(22-2)7-5-13/h3-11,20H,1-2H3,(H2,18,19,21)/b10-9+. The van der Waals surface area contributed by atoms with E-state index in [1.165, 1.54) is 6.20 Å². The molecule has 2 aromatic rings. The van der Waals surface area contributed by atoms with Crippen molar-refractivity contribution in [1.29, 1.82) is 0 Å². The van der Waals surface area contributed by atoms with Gasteiger partial charge in [0.2, 0.25) is 0 Å². The first-order valence-electron chi connectivity index (χ1n) is 6.76. The number of rotatable bonds is 4. The molecule has 5 heteroatoms. The van der Waals surface area contributed by atoms with Crippen LogP contribution in [0.3, 0.4) is 0 Å². The van der Waals surface area contributed by atoms with Crippen molar-refractivity contribution in [3.8, 4) is 11.5 Å². The second-order valence-electron chi connectivity index (χ2n) is 4.73. The lowest BCUT2D eigenvalue weighted by molar-refractivity contribution is 0.255. The molecule has 5 nitrogen and oxygen atoms in total. The molecule has 0 bridgehead atoms. The molecule has 0 unspecified atom stereocenters. The maximum absolute atomic E-state index is 11.7. The number of urea groups is 1. The van der Waals surface area contributed by atoms with E-state index in [1.54, 1.807) is 25.3 Å². The van der Waals surface area contributed by atoms with Gasteiger partial charge >= 0.3 is 6.03 Å². The molecule has 0 fully saturated rings. The molecule has 0 heterocycles. The fourth-order valence-electron chi connectivity index (χ4n) is 1.83. The first-order chi connectivity index (χ1) is 10.6. The molecule has 0 aromatic heterocycles. The molecule has 0 aliphatic rings. The molecule has 0 saturated carbocycles. The van der Waals surface area contributed by atoms with Gasteiger partial charge < -0.3 is 20.5 Å². The zero-order valence-electron chi connectivity index (χ0n) is 12.5. The molecule has 114 valence electrons. The quantitative estimate of drug-likeness (QED) is 0.757. The summed E-state index contributed by atoms with van der Waals surface area (Å²) in [5, 5.41) is 14.9. The van der Waals surface area contributed by atoms with Crippen molar-refractivity contribution in [2.45, 2.75) is 6.92 Å². The van der Waals surface area contributed by atoms with E-state index < -0.39 is 6.03 Å². The average Bonchev–Trinajstić information content (AvgIpc) is 2.51. The first kappa shape index (κ1) is 15.4. The molecular weight excluding hydrogens is 280 g/mol. The van der Waals surface area contributed by atoms with Gasteiger partial charge in [0.15, 0.2) is 0 Å². The zero-order valence-corrected chi connectivity index (χ0v) is 12.5. The largest absolute Gasteiger partial charge is 0.506 e. The fraction of sp³-hybridized carbons (Fsp3) is 0.118. The highest BCUT2D eigenvalue weighted by atomic mass is 16.5. The number of benzene rings is 2. The van der Waals surface area contributed by atoms with Gasteiger partial charge in [-0.3, -0.25) is 0 Å². The van der Waals surface area contributed by atoms with Crippen molar-refractivity contribution in [2.24, 2.45) is 0 Å². The number of carbonyl (C=O) groups is 1. The van der Waals surface area contributed by atoms with Crippen LogP contribution in [0, 0.1) is 6.92 Å². The molecule has 2 amide bonds. The number of nitrogens with one attached hydrogen (secondary N) is 2. The van der Waals surface area contributed by atoms with Crippen LogP contribution in [-0.4, -0.2) is 18.2 Å². The Kier molecular flexibility index (Phi) is 5.03. The van der Waals surface area contributed by atoms with Gasteiger partial charge in [0.05, 0.1) is 12.8 Å². The monoisotopic (exact) mass is 298 g/mol. The van der Waals surface area contributed by atoms with E-state index in [-0.39, 0.29) is 5.75 Å². The summed E-state index contributed by atoms with van der Waals surface area (Å²) in [7, 11) is 1.61. The molecule has 0 aliphatic heterocycles. The van der Waals surface area contributed by atoms with Gasteiger partial charge in [-0.15, -0.1) is 0 Å². The molecule has 3 N–H and O–H groups in total. The van der Waals surface area contributed by atoms with Gasteiger partial charge in [-0.25, -0.2) is 4.79 Å². The Hall–Kier alpha value is -2.95. The van der Waals surface area contributed by atoms with Crippen molar-refractivity contribution in [2.75, 3.05) is 12.4 Å². The smallest absolute Gasteiger partial charge is 0.323 e. The highest BCUT2D eigenvalue weighted by Crippen LogP contribution is 2.23. The van der Waals surface area contributed by atoms with Crippen LogP contribution in [-0.2, 0) is 0 Å². The van der Waals surface area contributed by atoms with Crippen LogP contribution in [0.2, 0.25) is 0 Å². The van der Waals surface area contributed by atoms with E-state index in [2.05, 4.69) is 10.6 Å². The molecule has 2 aromatic carbocycles. The van der Waals surface area contributed by atoms with Crippen LogP contribution >= 0.6 is 0 Å². The molecular formula is C17H18N2O3. The van der Waals surface area contributed by atoms with Gasteiger partial charge in [-0.2, -0.15) is 0 Å². The second-order valence-corrected chi connectivity index (χ2v) is 4.73. The number of hydrogen-bond acceptors (Lipinski definition) is 3. The maximum atomic E-state index is 11.7. The molecule has 0 radical (unpaired) electrons. The van der Waals surface area contributed by atoms with E-state index in [1.807, 2.05) is 37.3 Å². The average molecular weight is 298 g/mol. The number of ether oxygens (including phenoxy) is 1. The van der Waals surface area contributed by atoms with Gasteiger partial charge in [-0.05, 0) is 48.4 Å². The molecule has 2 rings (SSSR count). The van der Waals surface area contributed by atoms with Crippen molar-refractivity contribution in [3.05, 3.63) is 59.8 Å². The summed E-state index contributed by atoms with van der Waals surface area (Å²) in [6.45, 7) is 1.86. The predicted molar refractivity (Wildman–Crippen MR) is 87.0 cm³/mol. The number of carbonyl (C=O) groups excluding carboxylic acids is 1. The minimum absolute atomic E-state index is 0.0364. The number of amides is 2. The number of aryl methyl sites for hydroxylation is 1. The maximum Gasteiger partial charge on any atom is 0.323 e. The summed E-state index contributed by atoms with van der Waals surface area (Å²) < 4.78 is 5.07. The highest BCUT2D eigenvalue weighted by molar-refractivity contribution is 5.91. The minimum atomic E-state index is -0.427. The normalized spacial score (nSPS) is 10.5. The number of phenols is 1. The molecule has 0 aliphatic carbocycles. The summed E-state index contributed by atoms with van der Waals surface area (Å²) in [5.41, 5.74) is 2.21. The van der Waals surface area contributed by atoms with Crippen LogP contribution in [0.25, 0.3) is 6.08 Å². The summed E-state index contributed by atoms with van der Waals surface area (Å²) in [6.07, 6.45) is 3.29.